The number of thioether (sulfide) groups is 1. The molecule has 2 aromatic carbocycles. The van der Waals surface area contributed by atoms with Gasteiger partial charge in [-0.05, 0) is 66.8 Å². The van der Waals surface area contributed by atoms with E-state index in [4.69, 9.17) is 11.6 Å². The van der Waals surface area contributed by atoms with Crippen molar-refractivity contribution in [2.75, 3.05) is 5.75 Å². The number of carbonyl (C=O) groups excluding carboxylic acids is 1. The van der Waals surface area contributed by atoms with Gasteiger partial charge in [0.15, 0.2) is 0 Å². The number of nitrogens with one attached hydrogen (secondary N) is 1. The first-order valence-corrected chi connectivity index (χ1v) is 9.84. The van der Waals surface area contributed by atoms with Gasteiger partial charge in [0.05, 0.1) is 6.04 Å². The summed E-state index contributed by atoms with van der Waals surface area (Å²) in [6, 6.07) is 16.5. The Balaban J connectivity index is 1.42. The Morgan fingerprint density at radius 3 is 2.79 bits per heavy atom. The molecule has 1 aliphatic rings. The first-order chi connectivity index (χ1) is 11.7. The van der Waals surface area contributed by atoms with E-state index < -0.39 is 0 Å². The fourth-order valence-electron chi connectivity index (χ4n) is 3.12. The normalized spacial score (nSPS) is 16.5. The van der Waals surface area contributed by atoms with E-state index in [9.17, 15) is 4.79 Å². The van der Waals surface area contributed by atoms with Crippen LogP contribution in [0.25, 0.3) is 0 Å². The molecule has 1 atom stereocenters. The van der Waals surface area contributed by atoms with Crippen LogP contribution in [0.3, 0.4) is 0 Å². The van der Waals surface area contributed by atoms with Crippen LogP contribution in [0.2, 0.25) is 5.02 Å². The van der Waals surface area contributed by atoms with Crippen molar-refractivity contribution in [1.82, 2.24) is 5.32 Å². The number of benzene rings is 2. The van der Waals surface area contributed by atoms with Gasteiger partial charge in [-0.1, -0.05) is 35.9 Å². The van der Waals surface area contributed by atoms with Gasteiger partial charge in [0.25, 0.3) is 0 Å². The molecular formula is C20H22ClNOS. The molecule has 126 valence electrons. The van der Waals surface area contributed by atoms with Crippen LogP contribution in [0.4, 0.5) is 0 Å². The van der Waals surface area contributed by atoms with Gasteiger partial charge in [0, 0.05) is 16.3 Å². The van der Waals surface area contributed by atoms with Crippen molar-refractivity contribution < 1.29 is 4.79 Å². The second kappa shape index (κ2) is 8.59. The van der Waals surface area contributed by atoms with Gasteiger partial charge in [0.2, 0.25) is 5.91 Å². The minimum atomic E-state index is 0.161. The molecule has 2 nitrogen and oxygen atoms in total. The highest BCUT2D eigenvalue weighted by molar-refractivity contribution is 7.99. The van der Waals surface area contributed by atoms with Crippen LogP contribution in [0, 0.1) is 0 Å². The zero-order valence-electron chi connectivity index (χ0n) is 13.6. The molecule has 1 amide bonds. The Labute approximate surface area is 153 Å². The summed E-state index contributed by atoms with van der Waals surface area (Å²) in [6.07, 6.45) is 4.78. The predicted octanol–water partition coefficient (Wildman–Crippen LogP) is 5.41. The topological polar surface area (TPSA) is 29.1 Å². The number of amides is 1. The largest absolute Gasteiger partial charge is 0.349 e. The standard InChI is InChI=1S/C20H22ClNOS/c21-16-10-12-17(13-11-16)24-14-4-9-20(23)22-19-8-3-6-15-5-1-2-7-18(15)19/h1-2,5,7,10-13,19H,3-4,6,8-9,14H2,(H,22,23)/t19-/m1/s1. The summed E-state index contributed by atoms with van der Waals surface area (Å²) < 4.78 is 0. The SMILES string of the molecule is O=C(CCCSc1ccc(Cl)cc1)N[C@@H]1CCCc2ccccc21. The maximum atomic E-state index is 12.2. The Bertz CT molecular complexity index is 686. The molecular weight excluding hydrogens is 338 g/mol. The van der Waals surface area contributed by atoms with Gasteiger partial charge in [-0.2, -0.15) is 0 Å². The monoisotopic (exact) mass is 359 g/mol. The first-order valence-electron chi connectivity index (χ1n) is 8.48. The predicted molar refractivity (Wildman–Crippen MR) is 102 cm³/mol. The Hall–Kier alpha value is -1.45. The van der Waals surface area contributed by atoms with E-state index in [2.05, 4.69) is 29.6 Å². The zero-order valence-corrected chi connectivity index (χ0v) is 15.2. The van der Waals surface area contributed by atoms with E-state index in [-0.39, 0.29) is 11.9 Å². The van der Waals surface area contributed by atoms with Crippen molar-refractivity contribution in [1.29, 1.82) is 0 Å². The van der Waals surface area contributed by atoms with Crippen LogP contribution in [0.15, 0.2) is 53.4 Å². The zero-order chi connectivity index (χ0) is 16.8. The molecule has 3 rings (SSSR count). The van der Waals surface area contributed by atoms with Gasteiger partial charge in [-0.25, -0.2) is 0 Å². The summed E-state index contributed by atoms with van der Waals surface area (Å²) in [7, 11) is 0. The fourth-order valence-corrected chi connectivity index (χ4v) is 4.10. The van der Waals surface area contributed by atoms with E-state index in [1.165, 1.54) is 16.0 Å². The molecule has 0 saturated carbocycles. The van der Waals surface area contributed by atoms with Gasteiger partial charge >= 0.3 is 0 Å². The Kier molecular flexibility index (Phi) is 6.22. The summed E-state index contributed by atoms with van der Waals surface area (Å²) in [4.78, 5) is 13.4. The third-order valence-electron chi connectivity index (χ3n) is 4.34. The molecule has 0 bridgehead atoms. The van der Waals surface area contributed by atoms with E-state index in [1.807, 2.05) is 24.3 Å². The number of halogens is 1. The highest BCUT2D eigenvalue weighted by Crippen LogP contribution is 2.29. The van der Waals surface area contributed by atoms with Crippen molar-refractivity contribution in [3.8, 4) is 0 Å². The van der Waals surface area contributed by atoms with E-state index in [0.717, 1.165) is 36.5 Å². The van der Waals surface area contributed by atoms with Crippen LogP contribution in [-0.4, -0.2) is 11.7 Å². The second-order valence-corrected chi connectivity index (χ2v) is 7.72. The summed E-state index contributed by atoms with van der Waals surface area (Å²) in [6.45, 7) is 0. The lowest BCUT2D eigenvalue weighted by atomic mass is 9.87. The summed E-state index contributed by atoms with van der Waals surface area (Å²) in [5, 5.41) is 3.97. The molecule has 0 spiro atoms. The molecule has 0 saturated heterocycles. The molecule has 1 N–H and O–H groups in total. The summed E-state index contributed by atoms with van der Waals surface area (Å²) in [5.41, 5.74) is 2.68. The number of fused-ring (bicyclic) bond motifs is 1. The highest BCUT2D eigenvalue weighted by atomic mass is 35.5. The minimum absolute atomic E-state index is 0.161. The fraction of sp³-hybridized carbons (Fsp3) is 0.350. The maximum absolute atomic E-state index is 12.2. The minimum Gasteiger partial charge on any atom is -0.349 e. The number of hydrogen-bond donors (Lipinski definition) is 1. The molecule has 0 aliphatic heterocycles. The smallest absolute Gasteiger partial charge is 0.220 e. The molecule has 0 aromatic heterocycles. The van der Waals surface area contributed by atoms with Gasteiger partial charge in [0.1, 0.15) is 0 Å². The van der Waals surface area contributed by atoms with Crippen LogP contribution in [0.5, 0.6) is 0 Å². The lowest BCUT2D eigenvalue weighted by molar-refractivity contribution is -0.121. The molecule has 24 heavy (non-hydrogen) atoms. The van der Waals surface area contributed by atoms with Crippen molar-refractivity contribution >= 4 is 29.3 Å². The summed E-state index contributed by atoms with van der Waals surface area (Å²) in [5.74, 6) is 1.10. The molecule has 0 heterocycles. The van der Waals surface area contributed by atoms with E-state index in [0.29, 0.717) is 6.42 Å². The average molecular weight is 360 g/mol. The Morgan fingerprint density at radius 1 is 1.17 bits per heavy atom. The van der Waals surface area contributed by atoms with Gasteiger partial charge in [-0.15, -0.1) is 11.8 Å². The number of hydrogen-bond acceptors (Lipinski definition) is 2. The van der Waals surface area contributed by atoms with Gasteiger partial charge < -0.3 is 5.32 Å². The van der Waals surface area contributed by atoms with Crippen molar-refractivity contribution in [2.45, 2.75) is 43.0 Å². The maximum Gasteiger partial charge on any atom is 0.220 e. The van der Waals surface area contributed by atoms with Crippen LogP contribution < -0.4 is 5.32 Å². The van der Waals surface area contributed by atoms with E-state index >= 15 is 0 Å². The van der Waals surface area contributed by atoms with Crippen LogP contribution >= 0.6 is 23.4 Å². The quantitative estimate of drug-likeness (QED) is 0.552. The Morgan fingerprint density at radius 2 is 1.96 bits per heavy atom. The van der Waals surface area contributed by atoms with Gasteiger partial charge in [-0.3, -0.25) is 4.79 Å². The van der Waals surface area contributed by atoms with Crippen LogP contribution in [-0.2, 0) is 11.2 Å². The van der Waals surface area contributed by atoms with E-state index in [1.54, 1.807) is 11.8 Å². The molecule has 4 heteroatoms. The second-order valence-electron chi connectivity index (χ2n) is 6.12. The third-order valence-corrected chi connectivity index (χ3v) is 5.69. The molecule has 0 fully saturated rings. The summed E-state index contributed by atoms with van der Waals surface area (Å²) >= 11 is 7.65. The number of rotatable bonds is 6. The number of aryl methyl sites for hydroxylation is 1. The average Bonchev–Trinajstić information content (AvgIpc) is 2.61. The van der Waals surface area contributed by atoms with Crippen molar-refractivity contribution in [3.63, 3.8) is 0 Å². The highest BCUT2D eigenvalue weighted by Gasteiger charge is 2.20. The lowest BCUT2D eigenvalue weighted by Crippen LogP contribution is -2.30. The molecule has 1 aliphatic carbocycles. The molecule has 0 unspecified atom stereocenters. The van der Waals surface area contributed by atoms with Crippen molar-refractivity contribution in [3.05, 3.63) is 64.7 Å². The third kappa shape index (κ3) is 4.78. The van der Waals surface area contributed by atoms with Crippen LogP contribution in [0.1, 0.15) is 42.9 Å². The first kappa shape index (κ1) is 17.4. The van der Waals surface area contributed by atoms with Crippen molar-refractivity contribution in [2.24, 2.45) is 0 Å². The molecule has 2 aromatic rings. The molecule has 0 radical (unpaired) electrons. The number of carbonyl (C=O) groups is 1. The lowest BCUT2D eigenvalue weighted by Gasteiger charge is -2.26.